The zero-order valence-corrected chi connectivity index (χ0v) is 14.2. The molecule has 0 aliphatic carbocycles. The molecule has 0 radical (unpaired) electrons. The summed E-state index contributed by atoms with van der Waals surface area (Å²) in [5.74, 6) is 0.286. The summed E-state index contributed by atoms with van der Waals surface area (Å²) in [4.78, 5) is 21.0. The lowest BCUT2D eigenvalue weighted by atomic mass is 9.88. The fraction of sp³-hybridized carbons (Fsp3) is 0.471. The third-order valence-electron chi connectivity index (χ3n) is 4.32. The molecule has 1 unspecified atom stereocenters. The summed E-state index contributed by atoms with van der Waals surface area (Å²) in [6, 6.07) is 2.08. The fourth-order valence-electron chi connectivity index (χ4n) is 3.19. The van der Waals surface area contributed by atoms with Crippen LogP contribution in [0, 0.1) is 11.3 Å². The summed E-state index contributed by atoms with van der Waals surface area (Å²) >= 11 is 1.57. The molecule has 1 aliphatic rings. The highest BCUT2D eigenvalue weighted by atomic mass is 32.1. The molecule has 5 nitrogen and oxygen atoms in total. The average molecular weight is 328 g/mol. The van der Waals surface area contributed by atoms with Crippen LogP contribution in [0.2, 0.25) is 0 Å². The monoisotopic (exact) mass is 328 g/mol. The van der Waals surface area contributed by atoms with Gasteiger partial charge in [0.25, 0.3) is 5.56 Å². The van der Waals surface area contributed by atoms with E-state index < -0.39 is 0 Å². The van der Waals surface area contributed by atoms with Crippen LogP contribution >= 0.6 is 11.3 Å². The molecule has 23 heavy (non-hydrogen) atoms. The van der Waals surface area contributed by atoms with Crippen molar-refractivity contribution in [1.82, 2.24) is 15.3 Å². The van der Waals surface area contributed by atoms with Crippen molar-refractivity contribution >= 4 is 11.3 Å². The second kappa shape index (κ2) is 6.65. The number of H-pyrrole nitrogens is 1. The zero-order chi connectivity index (χ0) is 16.4. The van der Waals surface area contributed by atoms with Crippen molar-refractivity contribution < 1.29 is 0 Å². The lowest BCUT2D eigenvalue weighted by Gasteiger charge is -2.27. The molecule has 120 valence electrons. The Morgan fingerprint density at radius 3 is 2.96 bits per heavy atom. The predicted octanol–water partition coefficient (Wildman–Crippen LogP) is 2.92. The number of thiazole rings is 1. The van der Waals surface area contributed by atoms with Gasteiger partial charge < -0.3 is 10.3 Å². The van der Waals surface area contributed by atoms with Gasteiger partial charge in [-0.2, -0.15) is 5.26 Å². The van der Waals surface area contributed by atoms with E-state index in [0.29, 0.717) is 6.54 Å². The summed E-state index contributed by atoms with van der Waals surface area (Å²) in [5, 5.41) is 13.7. The Balaban J connectivity index is 2.24. The van der Waals surface area contributed by atoms with E-state index in [9.17, 15) is 10.1 Å². The van der Waals surface area contributed by atoms with Gasteiger partial charge in [0.05, 0.1) is 0 Å². The summed E-state index contributed by atoms with van der Waals surface area (Å²) < 4.78 is 0. The van der Waals surface area contributed by atoms with Crippen LogP contribution in [0.15, 0.2) is 11.0 Å². The van der Waals surface area contributed by atoms with Crippen LogP contribution in [-0.2, 0) is 13.0 Å². The lowest BCUT2D eigenvalue weighted by Crippen LogP contribution is -2.32. The number of nitrogens with one attached hydrogen (secondary N) is 2. The topological polar surface area (TPSA) is 81.6 Å². The highest BCUT2D eigenvalue weighted by Gasteiger charge is 2.27. The molecule has 3 heterocycles. The molecule has 0 saturated heterocycles. The van der Waals surface area contributed by atoms with Crippen molar-refractivity contribution in [2.45, 2.75) is 45.6 Å². The Morgan fingerprint density at radius 2 is 2.30 bits per heavy atom. The van der Waals surface area contributed by atoms with Gasteiger partial charge in [0, 0.05) is 41.3 Å². The smallest absolute Gasteiger partial charge is 0.266 e. The highest BCUT2D eigenvalue weighted by molar-refractivity contribution is 7.15. The van der Waals surface area contributed by atoms with Crippen molar-refractivity contribution in [2.75, 3.05) is 6.54 Å². The van der Waals surface area contributed by atoms with E-state index in [0.717, 1.165) is 52.5 Å². The molecule has 3 rings (SSSR count). The van der Waals surface area contributed by atoms with E-state index in [1.165, 1.54) is 0 Å². The summed E-state index contributed by atoms with van der Waals surface area (Å²) in [7, 11) is 0. The number of rotatable bonds is 4. The van der Waals surface area contributed by atoms with Gasteiger partial charge in [-0.05, 0) is 18.4 Å². The molecule has 0 amide bonds. The van der Waals surface area contributed by atoms with Gasteiger partial charge >= 0.3 is 0 Å². The van der Waals surface area contributed by atoms with Crippen LogP contribution in [-0.4, -0.2) is 16.5 Å². The average Bonchev–Trinajstić information content (AvgIpc) is 3.03. The predicted molar refractivity (Wildman–Crippen MR) is 91.6 cm³/mol. The lowest BCUT2D eigenvalue weighted by molar-refractivity contribution is 0.496. The van der Waals surface area contributed by atoms with Crippen LogP contribution in [0.3, 0.4) is 0 Å². The highest BCUT2D eigenvalue weighted by Crippen LogP contribution is 2.35. The molecule has 2 aromatic rings. The number of aryl methyl sites for hydroxylation is 1. The van der Waals surface area contributed by atoms with Gasteiger partial charge in [-0.3, -0.25) is 4.79 Å². The van der Waals surface area contributed by atoms with E-state index >= 15 is 0 Å². The van der Waals surface area contributed by atoms with Gasteiger partial charge in [0.1, 0.15) is 16.6 Å². The molecule has 2 aromatic heterocycles. The number of pyridine rings is 1. The molecule has 1 aliphatic heterocycles. The number of nitrogens with zero attached hydrogens (tertiary/aromatic N) is 2. The van der Waals surface area contributed by atoms with Crippen LogP contribution in [0.25, 0.3) is 10.6 Å². The molecule has 0 fully saturated rings. The summed E-state index contributed by atoms with van der Waals surface area (Å²) in [6.45, 7) is 5.75. The molecule has 1 atom stereocenters. The quantitative estimate of drug-likeness (QED) is 0.904. The largest absolute Gasteiger partial charge is 0.324 e. The first-order valence-electron chi connectivity index (χ1n) is 8.04. The molecule has 6 heteroatoms. The van der Waals surface area contributed by atoms with Gasteiger partial charge in [-0.15, -0.1) is 11.3 Å². The minimum absolute atomic E-state index is 0.180. The number of aromatic amines is 1. The minimum atomic E-state index is -0.294. The summed E-state index contributed by atoms with van der Waals surface area (Å²) in [6.07, 6.45) is 4.82. The Kier molecular flexibility index (Phi) is 4.60. The molecular formula is C17H20N4OS. The van der Waals surface area contributed by atoms with E-state index in [4.69, 9.17) is 0 Å². The number of hydrogen-bond acceptors (Lipinski definition) is 5. The van der Waals surface area contributed by atoms with Gasteiger partial charge in [-0.25, -0.2) is 4.98 Å². The third kappa shape index (κ3) is 2.82. The molecular weight excluding hydrogens is 308 g/mol. The second-order valence-corrected chi connectivity index (χ2v) is 6.93. The molecule has 0 bridgehead atoms. The van der Waals surface area contributed by atoms with Crippen molar-refractivity contribution in [2.24, 2.45) is 0 Å². The van der Waals surface area contributed by atoms with Crippen LogP contribution in [0.1, 0.15) is 54.3 Å². The first-order valence-corrected chi connectivity index (χ1v) is 8.86. The molecule has 0 spiro atoms. The van der Waals surface area contributed by atoms with Crippen molar-refractivity contribution in [3.05, 3.63) is 38.2 Å². The SMILES string of the molecule is CCCC1CNCc2c1[nH]c(=O)c(C#N)c2-c1ncc(CC)s1. The normalized spacial score (nSPS) is 16.8. The van der Waals surface area contributed by atoms with Gasteiger partial charge in [0.2, 0.25) is 0 Å². The van der Waals surface area contributed by atoms with Crippen molar-refractivity contribution in [3.63, 3.8) is 0 Å². The Morgan fingerprint density at radius 1 is 1.48 bits per heavy atom. The molecule has 0 saturated carbocycles. The van der Waals surface area contributed by atoms with Crippen molar-refractivity contribution in [1.29, 1.82) is 5.26 Å². The van der Waals surface area contributed by atoms with E-state index in [1.807, 2.05) is 6.20 Å². The number of hydrogen-bond donors (Lipinski definition) is 2. The standard InChI is InChI=1S/C17H20N4OS/c1-3-5-10-7-19-9-13-14(17-20-8-11(4-2)23-17)12(6-18)16(22)21-15(10)13/h8,10,19H,3-5,7,9H2,1-2H3,(H,21,22). The van der Waals surface area contributed by atoms with Crippen LogP contribution in [0.4, 0.5) is 0 Å². The van der Waals surface area contributed by atoms with Gasteiger partial charge in [0.15, 0.2) is 0 Å². The number of aromatic nitrogens is 2. The number of fused-ring (bicyclic) bond motifs is 1. The maximum atomic E-state index is 12.4. The van der Waals surface area contributed by atoms with E-state index in [-0.39, 0.29) is 17.0 Å². The Hall–Kier alpha value is -1.97. The molecule has 0 aromatic carbocycles. The Labute approximate surface area is 139 Å². The first-order chi connectivity index (χ1) is 11.2. The van der Waals surface area contributed by atoms with Crippen LogP contribution in [0.5, 0.6) is 0 Å². The van der Waals surface area contributed by atoms with E-state index in [1.54, 1.807) is 11.3 Å². The second-order valence-electron chi connectivity index (χ2n) is 5.81. The summed E-state index contributed by atoms with van der Waals surface area (Å²) in [5.41, 5.74) is 2.63. The third-order valence-corrected chi connectivity index (χ3v) is 5.48. The van der Waals surface area contributed by atoms with Gasteiger partial charge in [-0.1, -0.05) is 20.3 Å². The van der Waals surface area contributed by atoms with Crippen molar-refractivity contribution in [3.8, 4) is 16.6 Å². The maximum absolute atomic E-state index is 12.4. The maximum Gasteiger partial charge on any atom is 0.266 e. The molecule has 2 N–H and O–H groups in total. The fourth-order valence-corrected chi connectivity index (χ4v) is 4.12. The van der Waals surface area contributed by atoms with E-state index in [2.05, 4.69) is 35.2 Å². The minimum Gasteiger partial charge on any atom is -0.324 e. The zero-order valence-electron chi connectivity index (χ0n) is 13.4. The number of nitriles is 1. The first kappa shape index (κ1) is 15.9. The Bertz CT molecular complexity index is 815. The van der Waals surface area contributed by atoms with Crippen LogP contribution < -0.4 is 10.9 Å².